The minimum absolute atomic E-state index is 0.0484. The Bertz CT molecular complexity index is 492. The number of piperidine rings is 1. The molecule has 0 saturated carbocycles. The molecule has 0 radical (unpaired) electrons. The molecule has 3 heterocycles. The van der Waals surface area contributed by atoms with E-state index in [2.05, 4.69) is 25.4 Å². The summed E-state index contributed by atoms with van der Waals surface area (Å²) < 4.78 is 2.20. The Kier molecular flexibility index (Phi) is 4.53. The van der Waals surface area contributed by atoms with Crippen LogP contribution in [0.3, 0.4) is 0 Å². The number of amides is 1. The number of hydrogen-bond acceptors (Lipinski definition) is 4. The maximum atomic E-state index is 12.3. The topological polar surface area (TPSA) is 71.8 Å². The minimum atomic E-state index is -0.0828. The quantitative estimate of drug-likeness (QED) is 0.881. The fraction of sp³-hybridized carbons (Fsp3) is 0.800. The fourth-order valence-electron chi connectivity index (χ4n) is 3.28. The lowest BCUT2D eigenvalue weighted by Crippen LogP contribution is -2.47. The highest BCUT2D eigenvalue weighted by molar-refractivity contribution is 5.82. The molecule has 1 amide bonds. The number of nitrogens with zero attached hydrogens (tertiary/aromatic N) is 3. The number of aromatic nitrogens is 3. The van der Waals surface area contributed by atoms with Gasteiger partial charge in [0.25, 0.3) is 0 Å². The molecule has 21 heavy (non-hydrogen) atoms. The maximum Gasteiger partial charge on any atom is 0.237 e. The summed E-state index contributed by atoms with van der Waals surface area (Å²) in [5.74, 6) is 2.06. The summed E-state index contributed by atoms with van der Waals surface area (Å²) in [7, 11) is 0. The molecule has 116 valence electrons. The van der Waals surface area contributed by atoms with Crippen LogP contribution in [0, 0.1) is 0 Å². The Labute approximate surface area is 125 Å². The lowest BCUT2D eigenvalue weighted by Gasteiger charge is -2.24. The van der Waals surface area contributed by atoms with E-state index in [0.717, 1.165) is 50.4 Å². The first kappa shape index (κ1) is 14.5. The van der Waals surface area contributed by atoms with E-state index in [9.17, 15) is 4.79 Å². The van der Waals surface area contributed by atoms with Crippen molar-refractivity contribution in [2.45, 2.75) is 70.5 Å². The Balaban J connectivity index is 1.66. The van der Waals surface area contributed by atoms with Crippen molar-refractivity contribution in [1.29, 1.82) is 0 Å². The van der Waals surface area contributed by atoms with Gasteiger partial charge in [0.15, 0.2) is 5.82 Å². The first-order valence-corrected chi connectivity index (χ1v) is 8.21. The third-order valence-electron chi connectivity index (χ3n) is 4.51. The second-order valence-corrected chi connectivity index (χ2v) is 6.17. The second-order valence-electron chi connectivity index (χ2n) is 6.17. The van der Waals surface area contributed by atoms with Crippen LogP contribution in [0.1, 0.15) is 63.1 Å². The van der Waals surface area contributed by atoms with Gasteiger partial charge in [-0.05, 0) is 39.2 Å². The Morgan fingerprint density at radius 1 is 1.29 bits per heavy atom. The average molecular weight is 291 g/mol. The number of rotatable bonds is 3. The van der Waals surface area contributed by atoms with Crippen LogP contribution in [-0.2, 0) is 17.8 Å². The smallest absolute Gasteiger partial charge is 0.237 e. The fourth-order valence-corrected chi connectivity index (χ4v) is 3.28. The van der Waals surface area contributed by atoms with Gasteiger partial charge in [0, 0.05) is 13.0 Å². The van der Waals surface area contributed by atoms with Crippen molar-refractivity contribution in [3.05, 3.63) is 11.6 Å². The predicted octanol–water partition coefficient (Wildman–Crippen LogP) is 1.32. The lowest BCUT2D eigenvalue weighted by molar-refractivity contribution is -0.124. The van der Waals surface area contributed by atoms with Gasteiger partial charge >= 0.3 is 0 Å². The zero-order valence-electron chi connectivity index (χ0n) is 12.8. The molecule has 2 aliphatic heterocycles. The van der Waals surface area contributed by atoms with Gasteiger partial charge in [-0.25, -0.2) is 0 Å². The molecule has 1 saturated heterocycles. The zero-order valence-corrected chi connectivity index (χ0v) is 12.8. The van der Waals surface area contributed by atoms with Gasteiger partial charge in [-0.1, -0.05) is 12.8 Å². The Morgan fingerprint density at radius 3 is 3.00 bits per heavy atom. The normalized spacial score (nSPS) is 24.0. The molecule has 1 unspecified atom stereocenters. The molecule has 0 aliphatic carbocycles. The van der Waals surface area contributed by atoms with Crippen LogP contribution in [0.15, 0.2) is 0 Å². The minimum Gasteiger partial charge on any atom is -0.345 e. The van der Waals surface area contributed by atoms with Crippen molar-refractivity contribution >= 4 is 5.91 Å². The SMILES string of the molecule is CC(NC(=O)[C@H]1CCCCN1)c1nnc2n1CCCCC2. The summed E-state index contributed by atoms with van der Waals surface area (Å²) >= 11 is 0. The van der Waals surface area contributed by atoms with Crippen molar-refractivity contribution in [1.82, 2.24) is 25.4 Å². The summed E-state index contributed by atoms with van der Waals surface area (Å²) in [6, 6.07) is -0.131. The van der Waals surface area contributed by atoms with E-state index in [0.29, 0.717) is 0 Å². The van der Waals surface area contributed by atoms with Crippen LogP contribution < -0.4 is 10.6 Å². The van der Waals surface area contributed by atoms with Gasteiger partial charge < -0.3 is 15.2 Å². The van der Waals surface area contributed by atoms with Gasteiger partial charge in [-0.3, -0.25) is 4.79 Å². The number of carbonyl (C=O) groups is 1. The lowest BCUT2D eigenvalue weighted by atomic mass is 10.0. The second kappa shape index (κ2) is 6.56. The molecule has 6 heteroatoms. The van der Waals surface area contributed by atoms with Crippen molar-refractivity contribution in [2.24, 2.45) is 0 Å². The van der Waals surface area contributed by atoms with Gasteiger partial charge in [0.2, 0.25) is 5.91 Å². The number of fused-ring (bicyclic) bond motifs is 1. The zero-order chi connectivity index (χ0) is 14.7. The van der Waals surface area contributed by atoms with E-state index in [-0.39, 0.29) is 18.0 Å². The van der Waals surface area contributed by atoms with Crippen LogP contribution in [0.25, 0.3) is 0 Å². The average Bonchev–Trinajstić information content (AvgIpc) is 2.77. The Morgan fingerprint density at radius 2 is 2.19 bits per heavy atom. The van der Waals surface area contributed by atoms with Crippen LogP contribution in [0.4, 0.5) is 0 Å². The molecule has 2 N–H and O–H groups in total. The molecule has 1 fully saturated rings. The van der Waals surface area contributed by atoms with Crippen molar-refractivity contribution < 1.29 is 4.79 Å². The monoisotopic (exact) mass is 291 g/mol. The summed E-state index contributed by atoms with van der Waals surface area (Å²) in [6.45, 7) is 3.91. The molecule has 2 aliphatic rings. The van der Waals surface area contributed by atoms with Crippen molar-refractivity contribution in [3.63, 3.8) is 0 Å². The first-order valence-electron chi connectivity index (χ1n) is 8.21. The van der Waals surface area contributed by atoms with Crippen molar-refractivity contribution in [2.75, 3.05) is 6.54 Å². The standard InChI is InChI=1S/C15H25N5O/c1-11(17-15(21)12-7-4-5-9-16-12)14-19-18-13-8-3-2-6-10-20(13)14/h11-12,16H,2-10H2,1H3,(H,17,21)/t11?,12-/m1/s1. The van der Waals surface area contributed by atoms with Crippen LogP contribution in [0.2, 0.25) is 0 Å². The molecule has 3 rings (SSSR count). The number of hydrogen-bond donors (Lipinski definition) is 2. The van der Waals surface area contributed by atoms with E-state index in [1.54, 1.807) is 0 Å². The number of aryl methyl sites for hydroxylation is 1. The summed E-state index contributed by atoms with van der Waals surface area (Å²) in [6.07, 6.45) is 7.81. The van der Waals surface area contributed by atoms with Crippen LogP contribution >= 0.6 is 0 Å². The van der Waals surface area contributed by atoms with Gasteiger partial charge in [0.1, 0.15) is 5.82 Å². The van der Waals surface area contributed by atoms with Crippen LogP contribution in [0.5, 0.6) is 0 Å². The number of carbonyl (C=O) groups excluding carboxylic acids is 1. The predicted molar refractivity (Wildman–Crippen MR) is 79.8 cm³/mol. The molecule has 0 bridgehead atoms. The number of nitrogens with one attached hydrogen (secondary N) is 2. The van der Waals surface area contributed by atoms with Gasteiger partial charge in [-0.15, -0.1) is 10.2 Å². The van der Waals surface area contributed by atoms with E-state index >= 15 is 0 Å². The van der Waals surface area contributed by atoms with E-state index < -0.39 is 0 Å². The summed E-state index contributed by atoms with van der Waals surface area (Å²) in [5, 5.41) is 15.0. The molecule has 2 atom stereocenters. The molecule has 6 nitrogen and oxygen atoms in total. The van der Waals surface area contributed by atoms with Gasteiger partial charge in [0.05, 0.1) is 12.1 Å². The third kappa shape index (κ3) is 3.26. The largest absolute Gasteiger partial charge is 0.345 e. The highest BCUT2D eigenvalue weighted by Crippen LogP contribution is 2.19. The highest BCUT2D eigenvalue weighted by atomic mass is 16.2. The Hall–Kier alpha value is -1.43. The third-order valence-corrected chi connectivity index (χ3v) is 4.51. The maximum absolute atomic E-state index is 12.3. The molecule has 0 aromatic carbocycles. The highest BCUT2D eigenvalue weighted by Gasteiger charge is 2.25. The molecule has 0 spiro atoms. The first-order chi connectivity index (χ1) is 10.3. The molecular formula is C15H25N5O. The molecule has 1 aromatic heterocycles. The van der Waals surface area contributed by atoms with Crippen molar-refractivity contribution in [3.8, 4) is 0 Å². The summed E-state index contributed by atoms with van der Waals surface area (Å²) in [4.78, 5) is 12.3. The van der Waals surface area contributed by atoms with E-state index in [1.165, 1.54) is 19.3 Å². The molecular weight excluding hydrogens is 266 g/mol. The van der Waals surface area contributed by atoms with E-state index in [4.69, 9.17) is 0 Å². The van der Waals surface area contributed by atoms with Gasteiger partial charge in [-0.2, -0.15) is 0 Å². The van der Waals surface area contributed by atoms with Crippen LogP contribution in [-0.4, -0.2) is 33.3 Å². The van der Waals surface area contributed by atoms with E-state index in [1.807, 2.05) is 6.92 Å². The summed E-state index contributed by atoms with van der Waals surface area (Å²) in [5.41, 5.74) is 0. The molecule has 1 aromatic rings.